The second kappa shape index (κ2) is 13.3. The Labute approximate surface area is 185 Å². The average Bonchev–Trinajstić information content (AvgIpc) is 2.66. The Morgan fingerprint density at radius 3 is 2.48 bits per heavy atom. The molecule has 0 bridgehead atoms. The first-order valence-corrected chi connectivity index (χ1v) is 8.97. The number of aliphatic imine (C=N–C) groups is 1. The molecule has 29 heavy (non-hydrogen) atoms. The fourth-order valence-corrected chi connectivity index (χ4v) is 2.51. The predicted octanol–water partition coefficient (Wildman–Crippen LogP) is 3.88. The van der Waals surface area contributed by atoms with Crippen LogP contribution in [0, 0.1) is 5.82 Å². The lowest BCUT2D eigenvalue weighted by Gasteiger charge is -2.14. The molecule has 0 amide bonds. The molecule has 2 rings (SSSR count). The van der Waals surface area contributed by atoms with Gasteiger partial charge in [-0.15, -0.1) is 24.0 Å². The number of hydrogen-bond acceptors (Lipinski definition) is 3. The van der Waals surface area contributed by atoms with E-state index in [0.29, 0.717) is 31.0 Å². The average molecular weight is 523 g/mol. The quantitative estimate of drug-likeness (QED) is 0.265. The van der Waals surface area contributed by atoms with Gasteiger partial charge in [0.25, 0.3) is 0 Å². The van der Waals surface area contributed by atoms with E-state index < -0.39 is 12.7 Å². The number of aliphatic hydroxyl groups is 1. The standard InChI is InChI=1S/C20H24F3N3O2.HI/c1-2-24-20(25-11-10-14-4-3-5-16(21)12-14)26-13-18(27)15-6-8-17(9-7-15)28-19(22)23;/h3-9,12,18-19,27H,2,10-11,13H2,1H3,(H2,24,25,26);1H. The van der Waals surface area contributed by atoms with Crippen molar-refractivity contribution in [1.29, 1.82) is 0 Å². The lowest BCUT2D eigenvalue weighted by Crippen LogP contribution is -2.38. The van der Waals surface area contributed by atoms with Crippen LogP contribution in [0.4, 0.5) is 13.2 Å². The zero-order valence-electron chi connectivity index (χ0n) is 15.9. The van der Waals surface area contributed by atoms with E-state index in [4.69, 9.17) is 0 Å². The van der Waals surface area contributed by atoms with Gasteiger partial charge in [0.2, 0.25) is 0 Å². The van der Waals surface area contributed by atoms with E-state index in [1.807, 2.05) is 13.0 Å². The van der Waals surface area contributed by atoms with Crippen LogP contribution in [0.15, 0.2) is 53.5 Å². The van der Waals surface area contributed by atoms with Crippen molar-refractivity contribution in [3.05, 3.63) is 65.5 Å². The van der Waals surface area contributed by atoms with Crippen LogP contribution < -0.4 is 15.4 Å². The minimum atomic E-state index is -2.89. The molecule has 5 nitrogen and oxygen atoms in total. The minimum Gasteiger partial charge on any atom is -0.435 e. The van der Waals surface area contributed by atoms with Gasteiger partial charge in [0.15, 0.2) is 5.96 Å². The molecule has 0 spiro atoms. The molecule has 3 N–H and O–H groups in total. The molecular formula is C20H25F3IN3O2. The van der Waals surface area contributed by atoms with Gasteiger partial charge < -0.3 is 20.5 Å². The Bertz CT molecular complexity index is 761. The molecule has 0 aliphatic carbocycles. The number of aliphatic hydroxyl groups excluding tert-OH is 1. The summed E-state index contributed by atoms with van der Waals surface area (Å²) in [7, 11) is 0. The molecule has 0 saturated heterocycles. The van der Waals surface area contributed by atoms with Crippen molar-refractivity contribution in [2.24, 2.45) is 4.99 Å². The highest BCUT2D eigenvalue weighted by Crippen LogP contribution is 2.19. The molecule has 0 radical (unpaired) electrons. The number of halogens is 4. The minimum absolute atomic E-state index is 0. The molecule has 0 heterocycles. The summed E-state index contributed by atoms with van der Waals surface area (Å²) in [6, 6.07) is 12.2. The number of nitrogens with zero attached hydrogens (tertiary/aromatic N) is 1. The third kappa shape index (κ3) is 9.35. The molecule has 0 saturated carbocycles. The van der Waals surface area contributed by atoms with Crippen LogP contribution in [0.3, 0.4) is 0 Å². The second-order valence-corrected chi connectivity index (χ2v) is 5.99. The Hall–Kier alpha value is -2.01. The first-order valence-electron chi connectivity index (χ1n) is 8.97. The lowest BCUT2D eigenvalue weighted by molar-refractivity contribution is -0.0498. The smallest absolute Gasteiger partial charge is 0.387 e. The summed E-state index contributed by atoms with van der Waals surface area (Å²) in [5.74, 6) is 0.281. The van der Waals surface area contributed by atoms with Crippen molar-refractivity contribution in [3.8, 4) is 5.75 Å². The number of guanidine groups is 1. The molecule has 9 heteroatoms. The zero-order chi connectivity index (χ0) is 20.4. The van der Waals surface area contributed by atoms with Gasteiger partial charge in [-0.05, 0) is 48.7 Å². The van der Waals surface area contributed by atoms with Gasteiger partial charge >= 0.3 is 6.61 Å². The van der Waals surface area contributed by atoms with Gasteiger partial charge in [-0.2, -0.15) is 8.78 Å². The highest BCUT2D eigenvalue weighted by Gasteiger charge is 2.09. The van der Waals surface area contributed by atoms with Gasteiger partial charge in [-0.3, -0.25) is 4.99 Å². The fourth-order valence-electron chi connectivity index (χ4n) is 2.51. The van der Waals surface area contributed by atoms with E-state index in [1.54, 1.807) is 6.07 Å². The largest absolute Gasteiger partial charge is 0.435 e. The first-order chi connectivity index (χ1) is 13.5. The summed E-state index contributed by atoms with van der Waals surface area (Å²) in [5.41, 5.74) is 1.41. The maximum absolute atomic E-state index is 13.2. The Kier molecular flexibility index (Phi) is 11.4. The summed E-state index contributed by atoms with van der Waals surface area (Å²) < 4.78 is 41.8. The van der Waals surface area contributed by atoms with Crippen LogP contribution in [-0.4, -0.2) is 37.3 Å². The molecule has 0 aromatic heterocycles. The molecule has 1 unspecified atom stereocenters. The van der Waals surface area contributed by atoms with Crippen molar-refractivity contribution >= 4 is 29.9 Å². The van der Waals surface area contributed by atoms with Crippen LogP contribution in [0.25, 0.3) is 0 Å². The van der Waals surface area contributed by atoms with Crippen molar-refractivity contribution in [3.63, 3.8) is 0 Å². The molecule has 0 aliphatic heterocycles. The number of rotatable bonds is 9. The van der Waals surface area contributed by atoms with Gasteiger partial charge in [0.05, 0.1) is 12.6 Å². The molecular weight excluding hydrogens is 498 g/mol. The van der Waals surface area contributed by atoms with Crippen LogP contribution in [0.2, 0.25) is 0 Å². The topological polar surface area (TPSA) is 65.9 Å². The zero-order valence-corrected chi connectivity index (χ0v) is 18.3. The number of ether oxygens (including phenoxy) is 1. The molecule has 160 valence electrons. The van der Waals surface area contributed by atoms with Gasteiger partial charge in [0.1, 0.15) is 11.6 Å². The van der Waals surface area contributed by atoms with Gasteiger partial charge in [-0.25, -0.2) is 4.39 Å². The first kappa shape index (κ1) is 25.0. The van der Waals surface area contributed by atoms with Gasteiger partial charge in [-0.1, -0.05) is 24.3 Å². The SMILES string of the molecule is CCNC(=NCC(O)c1ccc(OC(F)F)cc1)NCCc1cccc(F)c1.I. The van der Waals surface area contributed by atoms with Crippen LogP contribution in [0.1, 0.15) is 24.2 Å². The second-order valence-electron chi connectivity index (χ2n) is 5.99. The number of hydrogen-bond donors (Lipinski definition) is 3. The highest BCUT2D eigenvalue weighted by atomic mass is 127. The number of benzene rings is 2. The molecule has 0 fully saturated rings. The third-order valence-corrected chi connectivity index (χ3v) is 3.85. The van der Waals surface area contributed by atoms with Crippen molar-refractivity contribution in [2.75, 3.05) is 19.6 Å². The van der Waals surface area contributed by atoms with Crippen LogP contribution >= 0.6 is 24.0 Å². The molecule has 0 aliphatic rings. The number of alkyl halides is 2. The molecule has 1 atom stereocenters. The van der Waals surface area contributed by atoms with E-state index in [0.717, 1.165) is 5.56 Å². The highest BCUT2D eigenvalue weighted by molar-refractivity contribution is 14.0. The summed E-state index contributed by atoms with van der Waals surface area (Å²) in [6.07, 6.45) is -0.268. The maximum Gasteiger partial charge on any atom is 0.387 e. The van der Waals surface area contributed by atoms with Crippen LogP contribution in [-0.2, 0) is 6.42 Å². The normalized spacial score (nSPS) is 12.3. The third-order valence-electron chi connectivity index (χ3n) is 3.85. The summed E-state index contributed by atoms with van der Waals surface area (Å²) in [4.78, 5) is 4.33. The number of nitrogens with one attached hydrogen (secondary N) is 2. The molecule has 2 aromatic rings. The van der Waals surface area contributed by atoms with E-state index in [1.165, 1.54) is 36.4 Å². The fraction of sp³-hybridized carbons (Fsp3) is 0.350. The van der Waals surface area contributed by atoms with Crippen molar-refractivity contribution in [1.82, 2.24) is 10.6 Å². The molecule has 2 aromatic carbocycles. The maximum atomic E-state index is 13.2. The summed E-state index contributed by atoms with van der Waals surface area (Å²) >= 11 is 0. The van der Waals surface area contributed by atoms with Crippen molar-refractivity contribution < 1.29 is 23.0 Å². The lowest BCUT2D eigenvalue weighted by atomic mass is 10.1. The van der Waals surface area contributed by atoms with E-state index in [2.05, 4.69) is 20.4 Å². The predicted molar refractivity (Wildman–Crippen MR) is 118 cm³/mol. The monoisotopic (exact) mass is 523 g/mol. The Morgan fingerprint density at radius 1 is 1.14 bits per heavy atom. The van der Waals surface area contributed by atoms with E-state index >= 15 is 0 Å². The Morgan fingerprint density at radius 2 is 1.86 bits per heavy atom. The van der Waals surface area contributed by atoms with Crippen molar-refractivity contribution in [2.45, 2.75) is 26.1 Å². The van der Waals surface area contributed by atoms with Crippen LogP contribution in [0.5, 0.6) is 5.75 Å². The van der Waals surface area contributed by atoms with E-state index in [9.17, 15) is 18.3 Å². The summed E-state index contributed by atoms with van der Waals surface area (Å²) in [6.45, 7) is 0.306. The summed E-state index contributed by atoms with van der Waals surface area (Å²) in [5, 5.41) is 16.4. The van der Waals surface area contributed by atoms with Gasteiger partial charge in [0, 0.05) is 13.1 Å². The van der Waals surface area contributed by atoms with E-state index in [-0.39, 0.29) is 42.1 Å². The Balaban J connectivity index is 0.00000420.